The second-order valence-electron chi connectivity index (χ2n) is 5.33. The average molecular weight is 328 g/mol. The molecule has 0 bridgehead atoms. The molecule has 2 aromatic rings. The summed E-state index contributed by atoms with van der Waals surface area (Å²) in [6.45, 7) is 1.76. The molecule has 24 heavy (non-hydrogen) atoms. The van der Waals surface area contributed by atoms with Crippen LogP contribution in [0.3, 0.4) is 0 Å². The summed E-state index contributed by atoms with van der Waals surface area (Å²) in [5.74, 6) is 0.687. The Morgan fingerprint density at radius 3 is 2.62 bits per heavy atom. The van der Waals surface area contributed by atoms with Crippen molar-refractivity contribution in [3.05, 3.63) is 59.4 Å². The van der Waals surface area contributed by atoms with Crippen molar-refractivity contribution in [2.24, 2.45) is 0 Å². The van der Waals surface area contributed by atoms with E-state index in [0.717, 1.165) is 23.3 Å². The zero-order chi connectivity index (χ0) is 17.2. The Hall–Kier alpha value is -2.58. The number of unbranched alkanes of at least 4 members (excludes halogenated alkanes) is 1. The van der Waals surface area contributed by atoms with Gasteiger partial charge in [0.1, 0.15) is 5.75 Å². The Bertz CT molecular complexity index is 698. The fraction of sp³-hybridized carbons (Fsp3) is 0.316. The van der Waals surface area contributed by atoms with Crippen LogP contribution in [0.15, 0.2) is 42.5 Å². The summed E-state index contributed by atoms with van der Waals surface area (Å²) in [5.41, 5.74) is 1.94. The van der Waals surface area contributed by atoms with Crippen LogP contribution < -0.4 is 14.8 Å². The number of nitriles is 1. The predicted octanol–water partition coefficient (Wildman–Crippen LogP) is 3.81. The van der Waals surface area contributed by atoms with Gasteiger partial charge in [0.05, 0.1) is 19.8 Å². The molecule has 5 heteroatoms. The van der Waals surface area contributed by atoms with Crippen molar-refractivity contribution in [2.45, 2.75) is 25.9 Å². The van der Waals surface area contributed by atoms with Crippen LogP contribution in [0.2, 0.25) is 0 Å². The van der Waals surface area contributed by atoms with Crippen molar-refractivity contribution < 1.29 is 13.9 Å². The normalized spacial score (nSPS) is 10.2. The minimum atomic E-state index is -0.357. The maximum absolute atomic E-state index is 13.6. The van der Waals surface area contributed by atoms with Gasteiger partial charge in [-0.1, -0.05) is 18.2 Å². The first-order chi connectivity index (χ1) is 11.7. The van der Waals surface area contributed by atoms with E-state index in [9.17, 15) is 4.39 Å². The molecule has 0 aliphatic heterocycles. The molecule has 0 amide bonds. The Labute approximate surface area is 141 Å². The van der Waals surface area contributed by atoms with Crippen molar-refractivity contribution in [3.63, 3.8) is 0 Å². The SMILES string of the molecule is COc1ccc(CNCc2cccc(OCCCC#N)c2)cc1F. The van der Waals surface area contributed by atoms with Gasteiger partial charge in [0.2, 0.25) is 0 Å². The average Bonchev–Trinajstić information content (AvgIpc) is 2.59. The number of methoxy groups -OCH3 is 1. The second-order valence-corrected chi connectivity index (χ2v) is 5.33. The maximum Gasteiger partial charge on any atom is 0.165 e. The number of nitrogens with one attached hydrogen (secondary N) is 1. The summed E-state index contributed by atoms with van der Waals surface area (Å²) in [4.78, 5) is 0. The zero-order valence-corrected chi connectivity index (χ0v) is 13.7. The fourth-order valence-electron chi connectivity index (χ4n) is 2.26. The molecule has 2 aromatic carbocycles. The summed E-state index contributed by atoms with van der Waals surface area (Å²) >= 11 is 0. The third kappa shape index (κ3) is 5.56. The largest absolute Gasteiger partial charge is 0.494 e. The van der Waals surface area contributed by atoms with Gasteiger partial charge < -0.3 is 14.8 Å². The molecule has 126 valence electrons. The van der Waals surface area contributed by atoms with E-state index >= 15 is 0 Å². The summed E-state index contributed by atoms with van der Waals surface area (Å²) in [7, 11) is 1.45. The van der Waals surface area contributed by atoms with Crippen LogP contribution in [0, 0.1) is 17.1 Å². The quantitative estimate of drug-likeness (QED) is 0.711. The molecular formula is C19H21FN2O2. The third-order valence-electron chi connectivity index (χ3n) is 3.47. The highest BCUT2D eigenvalue weighted by atomic mass is 19.1. The highest BCUT2D eigenvalue weighted by Crippen LogP contribution is 2.18. The van der Waals surface area contributed by atoms with Gasteiger partial charge in [-0.05, 0) is 41.8 Å². The molecule has 0 fully saturated rings. The van der Waals surface area contributed by atoms with Gasteiger partial charge in [0.15, 0.2) is 11.6 Å². The van der Waals surface area contributed by atoms with E-state index in [2.05, 4.69) is 11.4 Å². The number of nitrogens with zero attached hydrogens (tertiary/aromatic N) is 1. The van der Waals surface area contributed by atoms with Crippen LogP contribution in [0.25, 0.3) is 0 Å². The van der Waals surface area contributed by atoms with Gasteiger partial charge >= 0.3 is 0 Å². The first-order valence-electron chi connectivity index (χ1n) is 7.84. The van der Waals surface area contributed by atoms with E-state index in [-0.39, 0.29) is 11.6 Å². The van der Waals surface area contributed by atoms with Crippen LogP contribution in [-0.2, 0) is 13.1 Å². The van der Waals surface area contributed by atoms with Crippen LogP contribution in [-0.4, -0.2) is 13.7 Å². The molecule has 0 atom stereocenters. The van der Waals surface area contributed by atoms with Crippen LogP contribution >= 0.6 is 0 Å². The smallest absolute Gasteiger partial charge is 0.165 e. The molecule has 0 radical (unpaired) electrons. The van der Waals surface area contributed by atoms with E-state index in [4.69, 9.17) is 14.7 Å². The van der Waals surface area contributed by atoms with Gasteiger partial charge in [-0.3, -0.25) is 0 Å². The third-order valence-corrected chi connectivity index (χ3v) is 3.47. The molecule has 0 heterocycles. The molecule has 0 aliphatic rings. The monoisotopic (exact) mass is 328 g/mol. The van der Waals surface area contributed by atoms with Crippen molar-refractivity contribution in [1.82, 2.24) is 5.32 Å². The topological polar surface area (TPSA) is 54.3 Å². The predicted molar refractivity (Wildman–Crippen MR) is 90.3 cm³/mol. The van der Waals surface area contributed by atoms with Crippen LogP contribution in [0.1, 0.15) is 24.0 Å². The molecule has 0 saturated carbocycles. The molecule has 0 unspecified atom stereocenters. The molecule has 1 N–H and O–H groups in total. The van der Waals surface area contributed by atoms with Gasteiger partial charge in [0.25, 0.3) is 0 Å². The van der Waals surface area contributed by atoms with Gasteiger partial charge in [-0.15, -0.1) is 0 Å². The highest BCUT2D eigenvalue weighted by molar-refractivity contribution is 5.30. The Kier molecular flexibility index (Phi) is 7.06. The number of hydrogen-bond donors (Lipinski definition) is 1. The first kappa shape index (κ1) is 17.8. The molecule has 0 spiro atoms. The number of benzene rings is 2. The minimum Gasteiger partial charge on any atom is -0.494 e. The molecule has 0 saturated heterocycles. The molecule has 4 nitrogen and oxygen atoms in total. The summed E-state index contributed by atoms with van der Waals surface area (Å²) in [6.07, 6.45) is 1.22. The van der Waals surface area contributed by atoms with E-state index in [0.29, 0.717) is 26.1 Å². The van der Waals surface area contributed by atoms with Gasteiger partial charge in [0, 0.05) is 19.5 Å². The molecular weight excluding hydrogens is 307 g/mol. The number of halogens is 1. The summed E-state index contributed by atoms with van der Waals surface area (Å²) in [6, 6.07) is 14.8. The standard InChI is InChI=1S/C19H21FN2O2/c1-23-19-8-7-16(12-18(19)20)14-22-13-15-5-4-6-17(11-15)24-10-3-2-9-21/h4-8,11-12,22H,2-3,10,13-14H2,1H3. The van der Waals surface area contributed by atoms with E-state index in [1.807, 2.05) is 30.3 Å². The fourth-order valence-corrected chi connectivity index (χ4v) is 2.26. The lowest BCUT2D eigenvalue weighted by Gasteiger charge is -2.09. The maximum atomic E-state index is 13.6. The lowest BCUT2D eigenvalue weighted by molar-refractivity contribution is 0.312. The lowest BCUT2D eigenvalue weighted by atomic mass is 10.2. The molecule has 0 aliphatic carbocycles. The van der Waals surface area contributed by atoms with Gasteiger partial charge in [-0.25, -0.2) is 4.39 Å². The Morgan fingerprint density at radius 2 is 1.92 bits per heavy atom. The van der Waals surface area contributed by atoms with Crippen LogP contribution in [0.4, 0.5) is 4.39 Å². The summed E-state index contributed by atoms with van der Waals surface area (Å²) in [5, 5.41) is 11.8. The van der Waals surface area contributed by atoms with Gasteiger partial charge in [-0.2, -0.15) is 5.26 Å². The highest BCUT2D eigenvalue weighted by Gasteiger charge is 2.03. The molecule has 2 rings (SSSR count). The number of ether oxygens (including phenoxy) is 2. The number of hydrogen-bond acceptors (Lipinski definition) is 4. The van der Waals surface area contributed by atoms with E-state index in [1.54, 1.807) is 6.07 Å². The van der Waals surface area contributed by atoms with Crippen molar-refractivity contribution in [3.8, 4) is 17.6 Å². The van der Waals surface area contributed by atoms with Crippen molar-refractivity contribution >= 4 is 0 Å². The second kappa shape index (κ2) is 9.53. The van der Waals surface area contributed by atoms with Crippen LogP contribution in [0.5, 0.6) is 11.5 Å². The Morgan fingerprint density at radius 1 is 1.12 bits per heavy atom. The molecule has 0 aromatic heterocycles. The summed E-state index contributed by atoms with van der Waals surface area (Å²) < 4.78 is 24.2. The zero-order valence-electron chi connectivity index (χ0n) is 13.7. The van der Waals surface area contributed by atoms with Crippen molar-refractivity contribution in [1.29, 1.82) is 5.26 Å². The first-order valence-corrected chi connectivity index (χ1v) is 7.84. The Balaban J connectivity index is 1.81. The number of rotatable bonds is 9. The van der Waals surface area contributed by atoms with E-state index in [1.165, 1.54) is 13.2 Å². The minimum absolute atomic E-state index is 0.250. The van der Waals surface area contributed by atoms with E-state index < -0.39 is 0 Å². The van der Waals surface area contributed by atoms with Crippen molar-refractivity contribution in [2.75, 3.05) is 13.7 Å². The lowest BCUT2D eigenvalue weighted by Crippen LogP contribution is -2.13.